The van der Waals surface area contributed by atoms with Crippen LogP contribution in [0.2, 0.25) is 10.0 Å². The summed E-state index contributed by atoms with van der Waals surface area (Å²) >= 11 is 14.0. The second-order valence-electron chi connectivity index (χ2n) is 3.23. The van der Waals surface area contributed by atoms with Gasteiger partial charge in [-0.25, -0.2) is 0 Å². The molecule has 16 heavy (non-hydrogen) atoms. The Bertz CT molecular complexity index is 405. The second kappa shape index (κ2) is 6.07. The highest BCUT2D eigenvalue weighted by Gasteiger charge is 2.18. The fourth-order valence-electron chi connectivity index (χ4n) is 1.39. The normalized spacial score (nSPS) is 10.3. The minimum Gasteiger partial charge on any atom is -0.339 e. The van der Waals surface area contributed by atoms with E-state index < -0.39 is 0 Å². The molecule has 5 heteroatoms. The summed E-state index contributed by atoms with van der Waals surface area (Å²) in [6, 6.07) is 3.31. The molecule has 0 unspecified atom stereocenters. The maximum Gasteiger partial charge on any atom is 0.255 e. The Hall–Kier alpha value is -0.000000000000000111. The molecule has 0 saturated carbocycles. The fourth-order valence-corrected chi connectivity index (χ4v) is 2.43. The molecular weight excluding hydrogens is 360 g/mol. The van der Waals surface area contributed by atoms with Crippen molar-refractivity contribution in [3.8, 4) is 0 Å². The van der Waals surface area contributed by atoms with Gasteiger partial charge in [-0.2, -0.15) is 0 Å². The van der Waals surface area contributed by atoms with Crippen LogP contribution in [0.5, 0.6) is 0 Å². The molecule has 0 heterocycles. The zero-order valence-electron chi connectivity index (χ0n) is 9.06. The Morgan fingerprint density at radius 2 is 1.88 bits per heavy atom. The molecule has 0 aromatic heterocycles. The Morgan fingerprint density at radius 3 is 2.38 bits per heavy atom. The lowest BCUT2D eigenvalue weighted by Crippen LogP contribution is -2.31. The zero-order valence-corrected chi connectivity index (χ0v) is 12.7. The molecule has 0 radical (unpaired) electrons. The summed E-state index contributed by atoms with van der Waals surface area (Å²) in [4.78, 5) is 13.9. The van der Waals surface area contributed by atoms with Gasteiger partial charge in [-0.3, -0.25) is 4.79 Å². The molecule has 1 amide bonds. The van der Waals surface area contributed by atoms with Crippen molar-refractivity contribution in [1.29, 1.82) is 0 Å². The highest BCUT2D eigenvalue weighted by atomic mass is 127. The molecule has 88 valence electrons. The van der Waals surface area contributed by atoms with E-state index >= 15 is 0 Å². The molecular formula is C11H12Cl2INO. The number of rotatable bonds is 3. The van der Waals surface area contributed by atoms with E-state index in [1.165, 1.54) is 0 Å². The summed E-state index contributed by atoms with van der Waals surface area (Å²) in [7, 11) is 0. The van der Waals surface area contributed by atoms with E-state index in [-0.39, 0.29) is 5.91 Å². The summed E-state index contributed by atoms with van der Waals surface area (Å²) in [6.07, 6.45) is 0. The van der Waals surface area contributed by atoms with Crippen LogP contribution in [0.1, 0.15) is 24.2 Å². The smallest absolute Gasteiger partial charge is 0.255 e. The minimum atomic E-state index is -0.0289. The first-order valence-electron chi connectivity index (χ1n) is 4.95. The third kappa shape index (κ3) is 3.02. The van der Waals surface area contributed by atoms with Gasteiger partial charge < -0.3 is 4.90 Å². The Kier molecular flexibility index (Phi) is 5.34. The van der Waals surface area contributed by atoms with Crippen LogP contribution < -0.4 is 0 Å². The molecule has 1 aromatic carbocycles. The predicted octanol–water partition coefficient (Wildman–Crippen LogP) is 4.08. The minimum absolute atomic E-state index is 0.0289. The van der Waals surface area contributed by atoms with Gasteiger partial charge in [0.05, 0.1) is 10.6 Å². The molecule has 0 fully saturated rings. The molecule has 1 rings (SSSR count). The summed E-state index contributed by atoms with van der Waals surface area (Å²) in [5.74, 6) is -0.0289. The van der Waals surface area contributed by atoms with E-state index in [4.69, 9.17) is 23.2 Å². The molecule has 0 saturated heterocycles. The summed E-state index contributed by atoms with van der Waals surface area (Å²) < 4.78 is 0.751. The lowest BCUT2D eigenvalue weighted by Gasteiger charge is -2.19. The first-order valence-corrected chi connectivity index (χ1v) is 6.78. The van der Waals surface area contributed by atoms with Crippen LogP contribution in [0.15, 0.2) is 12.1 Å². The van der Waals surface area contributed by atoms with Gasteiger partial charge in [-0.05, 0) is 48.6 Å². The number of carbonyl (C=O) groups is 1. The van der Waals surface area contributed by atoms with Gasteiger partial charge in [0.2, 0.25) is 0 Å². The van der Waals surface area contributed by atoms with Crippen LogP contribution in [0, 0.1) is 3.57 Å². The molecule has 0 N–H and O–H groups in total. The number of carbonyl (C=O) groups excluding carboxylic acids is 1. The van der Waals surface area contributed by atoms with Gasteiger partial charge in [0.25, 0.3) is 5.91 Å². The van der Waals surface area contributed by atoms with Crippen molar-refractivity contribution in [2.45, 2.75) is 13.8 Å². The van der Waals surface area contributed by atoms with Crippen molar-refractivity contribution >= 4 is 51.7 Å². The average molecular weight is 372 g/mol. The van der Waals surface area contributed by atoms with Crippen LogP contribution in [0.4, 0.5) is 0 Å². The average Bonchev–Trinajstić information content (AvgIpc) is 2.24. The highest BCUT2D eigenvalue weighted by molar-refractivity contribution is 14.1. The monoisotopic (exact) mass is 371 g/mol. The maximum absolute atomic E-state index is 12.1. The van der Waals surface area contributed by atoms with E-state index in [1.54, 1.807) is 17.0 Å². The van der Waals surface area contributed by atoms with Gasteiger partial charge in [0.15, 0.2) is 0 Å². The van der Waals surface area contributed by atoms with Crippen LogP contribution >= 0.6 is 45.8 Å². The number of hydrogen-bond acceptors (Lipinski definition) is 1. The van der Waals surface area contributed by atoms with Gasteiger partial charge in [0.1, 0.15) is 0 Å². The Labute approximate surface area is 119 Å². The zero-order chi connectivity index (χ0) is 12.3. The third-order valence-corrected chi connectivity index (χ3v) is 4.27. The molecule has 0 aliphatic rings. The van der Waals surface area contributed by atoms with Gasteiger partial charge in [-0.15, -0.1) is 0 Å². The van der Waals surface area contributed by atoms with Crippen molar-refractivity contribution in [1.82, 2.24) is 4.90 Å². The van der Waals surface area contributed by atoms with Gasteiger partial charge in [-0.1, -0.05) is 23.2 Å². The maximum atomic E-state index is 12.1. The molecule has 0 aliphatic carbocycles. The lowest BCUT2D eigenvalue weighted by atomic mass is 10.2. The fraction of sp³-hybridized carbons (Fsp3) is 0.364. The molecule has 0 atom stereocenters. The predicted molar refractivity (Wildman–Crippen MR) is 76.4 cm³/mol. The second-order valence-corrected chi connectivity index (χ2v) is 5.15. The molecule has 2 nitrogen and oxygen atoms in total. The van der Waals surface area contributed by atoms with Crippen molar-refractivity contribution in [2.24, 2.45) is 0 Å². The van der Waals surface area contributed by atoms with E-state index in [0.29, 0.717) is 28.7 Å². The van der Waals surface area contributed by atoms with E-state index in [9.17, 15) is 4.79 Å². The van der Waals surface area contributed by atoms with Crippen molar-refractivity contribution < 1.29 is 4.79 Å². The highest BCUT2D eigenvalue weighted by Crippen LogP contribution is 2.27. The standard InChI is InChI=1S/C11H12Cl2INO/c1-3-15(4-2)11(16)8-5-7(12)6-9(13)10(8)14/h5-6H,3-4H2,1-2H3. The van der Waals surface area contributed by atoms with Crippen LogP contribution in [0.3, 0.4) is 0 Å². The number of nitrogens with zero attached hydrogens (tertiary/aromatic N) is 1. The van der Waals surface area contributed by atoms with Crippen LogP contribution in [-0.4, -0.2) is 23.9 Å². The molecule has 0 aliphatic heterocycles. The molecule has 0 spiro atoms. The first-order chi connectivity index (χ1) is 7.51. The largest absolute Gasteiger partial charge is 0.339 e. The van der Waals surface area contributed by atoms with Gasteiger partial charge >= 0.3 is 0 Å². The van der Waals surface area contributed by atoms with E-state index in [2.05, 4.69) is 22.6 Å². The Morgan fingerprint density at radius 1 is 1.31 bits per heavy atom. The topological polar surface area (TPSA) is 20.3 Å². The summed E-state index contributed by atoms with van der Waals surface area (Å²) in [5.41, 5.74) is 0.571. The SMILES string of the molecule is CCN(CC)C(=O)c1cc(Cl)cc(Cl)c1I. The lowest BCUT2D eigenvalue weighted by molar-refractivity contribution is 0.0772. The number of hydrogen-bond donors (Lipinski definition) is 0. The van der Waals surface area contributed by atoms with Crippen LogP contribution in [0.25, 0.3) is 0 Å². The number of benzene rings is 1. The van der Waals surface area contributed by atoms with E-state index in [0.717, 1.165) is 3.57 Å². The Balaban J connectivity index is 3.17. The third-order valence-electron chi connectivity index (χ3n) is 2.27. The number of halogens is 3. The van der Waals surface area contributed by atoms with Crippen molar-refractivity contribution in [3.63, 3.8) is 0 Å². The van der Waals surface area contributed by atoms with Gasteiger partial charge in [0, 0.05) is 21.7 Å². The van der Waals surface area contributed by atoms with Crippen molar-refractivity contribution in [3.05, 3.63) is 31.3 Å². The summed E-state index contributed by atoms with van der Waals surface area (Å²) in [5, 5.41) is 1.00. The number of amides is 1. The molecule has 1 aromatic rings. The quantitative estimate of drug-likeness (QED) is 0.579. The molecule has 0 bridgehead atoms. The van der Waals surface area contributed by atoms with Crippen LogP contribution in [-0.2, 0) is 0 Å². The van der Waals surface area contributed by atoms with Crippen molar-refractivity contribution in [2.75, 3.05) is 13.1 Å². The summed E-state index contributed by atoms with van der Waals surface area (Å²) in [6.45, 7) is 5.24. The first kappa shape index (κ1) is 14.1. The van der Waals surface area contributed by atoms with E-state index in [1.807, 2.05) is 13.8 Å².